The van der Waals surface area contributed by atoms with E-state index in [0.717, 1.165) is 23.1 Å². The molecule has 3 atom stereocenters. The van der Waals surface area contributed by atoms with E-state index in [-0.39, 0.29) is 49.1 Å². The number of Topliss-reactive ketones (excluding diaryl/α,β-unsaturated/α-hetero) is 4. The summed E-state index contributed by atoms with van der Waals surface area (Å²) in [6.45, 7) is 8.01. The number of ketones is 4. The number of amides is 2. The van der Waals surface area contributed by atoms with Crippen molar-refractivity contribution < 1.29 is 33.3 Å². The molecule has 1 saturated heterocycles. The van der Waals surface area contributed by atoms with Crippen LogP contribution >= 0.6 is 0 Å². The predicted octanol–water partition coefficient (Wildman–Crippen LogP) is 3.69. The van der Waals surface area contributed by atoms with E-state index in [2.05, 4.69) is 19.4 Å². The molecule has 1 aliphatic heterocycles. The Morgan fingerprint density at radius 1 is 0.800 bits per heavy atom. The fourth-order valence-electron chi connectivity index (χ4n) is 5.52. The van der Waals surface area contributed by atoms with E-state index < -0.39 is 35.4 Å². The summed E-state index contributed by atoms with van der Waals surface area (Å²) in [7, 11) is 4.22. The maximum absolute atomic E-state index is 13.4. The van der Waals surface area contributed by atoms with Crippen LogP contribution in [0.4, 0.5) is 0 Å². The SMILES string of the molecule is CC(C)[C@H](CC(=O)[C@H](C)NC(=O)[C@@H](CC(=O)c1ccccc1)Cc1ccccc1)C(=O)C(=O)CCC(=O)N1CC[N+](C)(C)CC1. The van der Waals surface area contributed by atoms with Gasteiger partial charge in [0, 0.05) is 43.1 Å². The molecule has 9 nitrogen and oxygen atoms in total. The molecule has 0 saturated carbocycles. The van der Waals surface area contributed by atoms with E-state index in [4.69, 9.17) is 0 Å². The van der Waals surface area contributed by atoms with Crippen molar-refractivity contribution in [1.82, 2.24) is 10.2 Å². The van der Waals surface area contributed by atoms with E-state index in [0.29, 0.717) is 25.1 Å². The number of carbonyl (C=O) groups excluding carboxylic acids is 6. The summed E-state index contributed by atoms with van der Waals surface area (Å²) in [4.78, 5) is 80.1. The summed E-state index contributed by atoms with van der Waals surface area (Å²) in [5, 5.41) is 2.76. The first-order chi connectivity index (χ1) is 21.3. The number of likely N-dealkylation sites (N-methyl/N-ethyl adjacent to an activating group) is 1. The molecule has 2 aromatic carbocycles. The topological polar surface area (TPSA) is 118 Å². The van der Waals surface area contributed by atoms with E-state index in [1.807, 2.05) is 36.4 Å². The minimum absolute atomic E-state index is 0.0275. The molecule has 3 rings (SSSR count). The molecule has 0 aromatic heterocycles. The number of carbonyl (C=O) groups is 6. The van der Waals surface area contributed by atoms with Crippen LogP contribution in [0, 0.1) is 17.8 Å². The van der Waals surface area contributed by atoms with Gasteiger partial charge in [-0.25, -0.2) is 0 Å². The second-order valence-corrected chi connectivity index (χ2v) is 13.2. The Balaban J connectivity index is 1.59. The molecule has 0 aliphatic carbocycles. The Kier molecular flexibility index (Phi) is 12.9. The first-order valence-corrected chi connectivity index (χ1v) is 15.9. The summed E-state index contributed by atoms with van der Waals surface area (Å²) < 4.78 is 0.837. The first-order valence-electron chi connectivity index (χ1n) is 15.9. The van der Waals surface area contributed by atoms with Crippen LogP contribution in [-0.4, -0.2) is 90.6 Å². The van der Waals surface area contributed by atoms with Crippen molar-refractivity contribution in [1.29, 1.82) is 0 Å². The van der Waals surface area contributed by atoms with Crippen LogP contribution in [0.2, 0.25) is 0 Å². The van der Waals surface area contributed by atoms with Crippen molar-refractivity contribution >= 4 is 34.9 Å². The molecule has 1 aliphatic rings. The number of piperazine rings is 1. The Hall–Kier alpha value is -3.98. The molecule has 1 N–H and O–H groups in total. The summed E-state index contributed by atoms with van der Waals surface area (Å²) in [6, 6.07) is 17.2. The number of benzene rings is 2. The summed E-state index contributed by atoms with van der Waals surface area (Å²) >= 11 is 0. The highest BCUT2D eigenvalue weighted by Gasteiger charge is 2.33. The smallest absolute Gasteiger partial charge is 0.224 e. The standard InChI is InChI=1S/C36H47N3O6/c1-25(2)30(35(44)31(40)16-17-34(43)38-18-20-39(4,5)21-19-38)24-32(41)26(3)37-36(45)29(22-27-12-8-6-9-13-27)23-33(42)28-14-10-7-11-15-28/h6-15,25-26,29-30H,16-24H2,1-5H3/p+1/t26-,29+,30-/m0/s1. The van der Waals surface area contributed by atoms with Crippen LogP contribution in [0.15, 0.2) is 60.7 Å². The van der Waals surface area contributed by atoms with Crippen molar-refractivity contribution in [2.45, 2.75) is 58.9 Å². The van der Waals surface area contributed by atoms with Crippen LogP contribution in [-0.2, 0) is 30.4 Å². The lowest BCUT2D eigenvalue weighted by molar-refractivity contribution is -0.894. The average Bonchev–Trinajstić information content (AvgIpc) is 3.02. The Labute approximate surface area is 266 Å². The van der Waals surface area contributed by atoms with Gasteiger partial charge < -0.3 is 14.7 Å². The zero-order valence-corrected chi connectivity index (χ0v) is 27.3. The molecule has 9 heteroatoms. The summed E-state index contributed by atoms with van der Waals surface area (Å²) in [5.41, 5.74) is 1.40. The molecule has 45 heavy (non-hydrogen) atoms. The highest BCUT2D eigenvalue weighted by molar-refractivity contribution is 6.38. The molecule has 1 fully saturated rings. The normalized spacial score (nSPS) is 16.4. The van der Waals surface area contributed by atoms with Gasteiger partial charge in [0.2, 0.25) is 17.6 Å². The molecule has 2 aromatic rings. The molecular formula is C36H48N3O6+. The van der Waals surface area contributed by atoms with Crippen molar-refractivity contribution in [3.8, 4) is 0 Å². The van der Waals surface area contributed by atoms with Crippen LogP contribution < -0.4 is 5.32 Å². The third kappa shape index (κ3) is 10.8. The van der Waals surface area contributed by atoms with Crippen molar-refractivity contribution in [2.24, 2.45) is 17.8 Å². The lowest BCUT2D eigenvalue weighted by atomic mass is 9.83. The van der Waals surface area contributed by atoms with Crippen molar-refractivity contribution in [3.63, 3.8) is 0 Å². The van der Waals surface area contributed by atoms with Crippen LogP contribution in [0.5, 0.6) is 0 Å². The van der Waals surface area contributed by atoms with Gasteiger partial charge in [-0.15, -0.1) is 0 Å². The minimum Gasteiger partial charge on any atom is -0.346 e. The van der Waals surface area contributed by atoms with Gasteiger partial charge in [-0.3, -0.25) is 28.8 Å². The number of hydrogen-bond acceptors (Lipinski definition) is 6. The fourth-order valence-corrected chi connectivity index (χ4v) is 5.52. The molecule has 0 unspecified atom stereocenters. The van der Waals surface area contributed by atoms with Gasteiger partial charge in [0.05, 0.1) is 46.3 Å². The second-order valence-electron chi connectivity index (χ2n) is 13.2. The number of quaternary nitrogens is 1. The highest BCUT2D eigenvalue weighted by atomic mass is 16.2. The van der Waals surface area contributed by atoms with E-state index in [9.17, 15) is 28.8 Å². The lowest BCUT2D eigenvalue weighted by Crippen LogP contribution is -2.56. The average molecular weight is 619 g/mol. The molecule has 0 spiro atoms. The largest absolute Gasteiger partial charge is 0.346 e. The van der Waals surface area contributed by atoms with E-state index in [1.165, 1.54) is 0 Å². The number of nitrogens with one attached hydrogen (secondary N) is 1. The first kappa shape index (κ1) is 35.5. The molecule has 1 heterocycles. The molecule has 0 radical (unpaired) electrons. The molecular weight excluding hydrogens is 570 g/mol. The lowest BCUT2D eigenvalue weighted by Gasteiger charge is -2.39. The van der Waals surface area contributed by atoms with Gasteiger partial charge in [0.15, 0.2) is 17.3 Å². The summed E-state index contributed by atoms with van der Waals surface area (Å²) in [6.07, 6.45) is -0.134. The van der Waals surface area contributed by atoms with Gasteiger partial charge in [0.1, 0.15) is 0 Å². The van der Waals surface area contributed by atoms with E-state index >= 15 is 0 Å². The summed E-state index contributed by atoms with van der Waals surface area (Å²) in [5.74, 6) is -4.27. The van der Waals surface area contributed by atoms with E-state index in [1.54, 1.807) is 49.9 Å². The van der Waals surface area contributed by atoms with Gasteiger partial charge in [-0.05, 0) is 24.8 Å². The number of hydrogen-bond donors (Lipinski definition) is 1. The number of nitrogens with zero attached hydrogens (tertiary/aromatic N) is 2. The third-order valence-electron chi connectivity index (χ3n) is 8.77. The van der Waals surface area contributed by atoms with Gasteiger partial charge >= 0.3 is 0 Å². The third-order valence-corrected chi connectivity index (χ3v) is 8.77. The van der Waals surface area contributed by atoms with Crippen LogP contribution in [0.3, 0.4) is 0 Å². The maximum atomic E-state index is 13.4. The maximum Gasteiger partial charge on any atom is 0.224 e. The van der Waals surface area contributed by atoms with Crippen molar-refractivity contribution in [2.75, 3.05) is 40.3 Å². The van der Waals surface area contributed by atoms with Gasteiger partial charge in [-0.2, -0.15) is 0 Å². The quantitative estimate of drug-likeness (QED) is 0.174. The molecule has 242 valence electrons. The zero-order chi connectivity index (χ0) is 33.1. The monoisotopic (exact) mass is 618 g/mol. The Morgan fingerprint density at radius 2 is 1.38 bits per heavy atom. The second kappa shape index (κ2) is 16.4. The molecule has 2 amide bonds. The number of rotatable bonds is 16. The minimum atomic E-state index is -0.921. The van der Waals surface area contributed by atoms with Crippen LogP contribution in [0.1, 0.15) is 62.4 Å². The molecule has 0 bridgehead atoms. The van der Waals surface area contributed by atoms with Crippen molar-refractivity contribution in [3.05, 3.63) is 71.8 Å². The zero-order valence-electron chi connectivity index (χ0n) is 27.3. The van der Waals surface area contributed by atoms with Gasteiger partial charge in [-0.1, -0.05) is 74.5 Å². The van der Waals surface area contributed by atoms with Crippen LogP contribution in [0.25, 0.3) is 0 Å². The predicted molar refractivity (Wildman–Crippen MR) is 172 cm³/mol. The Bertz CT molecular complexity index is 1350. The fraction of sp³-hybridized carbons (Fsp3) is 0.500. The highest BCUT2D eigenvalue weighted by Crippen LogP contribution is 2.21. The van der Waals surface area contributed by atoms with Gasteiger partial charge in [0.25, 0.3) is 0 Å². The Morgan fingerprint density at radius 3 is 1.96 bits per heavy atom.